The highest BCUT2D eigenvalue weighted by atomic mass is 16.2. The van der Waals surface area contributed by atoms with Crippen LogP contribution in [0.2, 0.25) is 0 Å². The van der Waals surface area contributed by atoms with Crippen molar-refractivity contribution in [3.05, 3.63) is 30.1 Å². The number of rotatable bonds is 3. The van der Waals surface area contributed by atoms with Gasteiger partial charge in [0.05, 0.1) is 11.7 Å². The monoisotopic (exact) mass is 288 g/mol. The lowest BCUT2D eigenvalue weighted by Gasteiger charge is -2.25. The number of benzene rings is 1. The van der Waals surface area contributed by atoms with Crippen LogP contribution in [-0.2, 0) is 4.79 Å². The average Bonchev–Trinajstić information content (AvgIpc) is 2.83. The first-order valence-corrected chi connectivity index (χ1v) is 6.71. The zero-order valence-electron chi connectivity index (χ0n) is 12.7. The van der Waals surface area contributed by atoms with E-state index in [-0.39, 0.29) is 11.3 Å². The molecule has 112 valence electrons. The lowest BCUT2D eigenvalue weighted by molar-refractivity contribution is -0.119. The summed E-state index contributed by atoms with van der Waals surface area (Å²) >= 11 is 0. The Kier molecular flexibility index (Phi) is 4.04. The Balaban J connectivity index is 2.19. The molecule has 1 atom stereocenters. The number of hydrogen-bond acceptors (Lipinski definition) is 5. The maximum absolute atomic E-state index is 12.1. The van der Waals surface area contributed by atoms with Crippen LogP contribution in [-0.4, -0.2) is 32.2 Å². The summed E-state index contributed by atoms with van der Waals surface area (Å²) in [5.74, 6) is 0.456. The Morgan fingerprint density at radius 3 is 2.67 bits per heavy atom. The second-order valence-corrected chi connectivity index (χ2v) is 6.02. The summed E-state index contributed by atoms with van der Waals surface area (Å²) in [7, 11) is 0. The fourth-order valence-corrected chi connectivity index (χ4v) is 1.80. The van der Waals surface area contributed by atoms with Crippen LogP contribution in [0, 0.1) is 12.3 Å². The van der Waals surface area contributed by atoms with Crippen molar-refractivity contribution in [2.75, 3.05) is 5.32 Å². The van der Waals surface area contributed by atoms with Crippen molar-refractivity contribution in [3.63, 3.8) is 0 Å². The summed E-state index contributed by atoms with van der Waals surface area (Å²) in [6.07, 6.45) is 0. The fourth-order valence-electron chi connectivity index (χ4n) is 1.80. The number of aromatic nitrogens is 4. The molecule has 1 aromatic carbocycles. The minimum atomic E-state index is -0.587. The van der Waals surface area contributed by atoms with Gasteiger partial charge in [-0.05, 0) is 41.0 Å². The molecule has 21 heavy (non-hydrogen) atoms. The summed E-state index contributed by atoms with van der Waals surface area (Å²) < 4.78 is 1.60. The first-order valence-electron chi connectivity index (χ1n) is 6.71. The predicted molar refractivity (Wildman–Crippen MR) is 80.0 cm³/mol. The third-order valence-electron chi connectivity index (χ3n) is 3.20. The molecule has 0 radical (unpaired) electrons. The molecule has 1 amide bonds. The van der Waals surface area contributed by atoms with Crippen molar-refractivity contribution in [1.29, 1.82) is 0 Å². The van der Waals surface area contributed by atoms with Gasteiger partial charge in [0.2, 0.25) is 5.91 Å². The lowest BCUT2D eigenvalue weighted by atomic mass is 9.87. The molecular formula is C14H20N6O. The van der Waals surface area contributed by atoms with Gasteiger partial charge in [0, 0.05) is 5.69 Å². The highest BCUT2D eigenvalue weighted by Crippen LogP contribution is 2.20. The molecule has 0 aliphatic heterocycles. The number of hydrogen-bond donors (Lipinski definition) is 2. The number of aryl methyl sites for hydroxylation is 1. The van der Waals surface area contributed by atoms with Crippen LogP contribution in [0.5, 0.6) is 0 Å². The van der Waals surface area contributed by atoms with E-state index in [2.05, 4.69) is 20.8 Å². The predicted octanol–water partition coefficient (Wildman–Crippen LogP) is 1.28. The molecular weight excluding hydrogens is 268 g/mol. The van der Waals surface area contributed by atoms with Crippen LogP contribution in [0.1, 0.15) is 26.6 Å². The molecule has 0 saturated carbocycles. The Morgan fingerprint density at radius 2 is 2.10 bits per heavy atom. The van der Waals surface area contributed by atoms with Crippen LogP contribution in [0.25, 0.3) is 5.69 Å². The highest BCUT2D eigenvalue weighted by Gasteiger charge is 2.27. The summed E-state index contributed by atoms with van der Waals surface area (Å²) in [5.41, 5.74) is 7.09. The molecule has 2 aromatic rings. The van der Waals surface area contributed by atoms with Gasteiger partial charge in [0.25, 0.3) is 0 Å². The Morgan fingerprint density at radius 1 is 1.38 bits per heavy atom. The van der Waals surface area contributed by atoms with Gasteiger partial charge < -0.3 is 11.1 Å². The molecule has 0 aliphatic carbocycles. The van der Waals surface area contributed by atoms with E-state index in [0.717, 1.165) is 5.69 Å². The van der Waals surface area contributed by atoms with Gasteiger partial charge in [-0.25, -0.2) is 0 Å². The maximum atomic E-state index is 12.1. The van der Waals surface area contributed by atoms with Crippen molar-refractivity contribution in [2.24, 2.45) is 11.1 Å². The molecule has 0 spiro atoms. The summed E-state index contributed by atoms with van der Waals surface area (Å²) in [6.45, 7) is 7.59. The van der Waals surface area contributed by atoms with Crippen molar-refractivity contribution < 1.29 is 4.79 Å². The van der Waals surface area contributed by atoms with Crippen LogP contribution in [0.4, 0.5) is 5.69 Å². The molecule has 0 unspecified atom stereocenters. The molecule has 2 rings (SSSR count). The molecule has 7 nitrogen and oxygen atoms in total. The molecule has 1 heterocycles. The number of nitrogens with two attached hydrogens (primary N) is 1. The molecule has 1 aromatic heterocycles. The van der Waals surface area contributed by atoms with Crippen molar-refractivity contribution in [3.8, 4) is 5.69 Å². The number of nitrogens with one attached hydrogen (secondary N) is 1. The van der Waals surface area contributed by atoms with Crippen molar-refractivity contribution >= 4 is 11.6 Å². The molecule has 0 aliphatic rings. The SMILES string of the molecule is Cc1nnnn1-c1cccc(NC(=O)[C@@H](N)C(C)(C)C)c1. The Labute approximate surface area is 123 Å². The van der Waals surface area contributed by atoms with E-state index in [9.17, 15) is 4.79 Å². The average molecular weight is 288 g/mol. The Bertz CT molecular complexity index is 643. The van der Waals surface area contributed by atoms with E-state index in [1.54, 1.807) is 23.7 Å². The van der Waals surface area contributed by atoms with Gasteiger partial charge in [-0.2, -0.15) is 4.68 Å². The third-order valence-corrected chi connectivity index (χ3v) is 3.20. The summed E-state index contributed by atoms with van der Waals surface area (Å²) in [4.78, 5) is 12.1. The van der Waals surface area contributed by atoms with Gasteiger partial charge in [-0.3, -0.25) is 4.79 Å². The second-order valence-electron chi connectivity index (χ2n) is 6.02. The lowest BCUT2D eigenvalue weighted by Crippen LogP contribution is -2.45. The molecule has 7 heteroatoms. The van der Waals surface area contributed by atoms with Crippen LogP contribution in [0.15, 0.2) is 24.3 Å². The normalized spacial score (nSPS) is 13.0. The largest absolute Gasteiger partial charge is 0.325 e. The standard InChI is InChI=1S/C14H20N6O/c1-9-17-18-19-20(9)11-7-5-6-10(8-11)16-13(21)12(15)14(2,3)4/h5-8,12H,15H2,1-4H3,(H,16,21)/t12-/m1/s1. The smallest absolute Gasteiger partial charge is 0.241 e. The quantitative estimate of drug-likeness (QED) is 0.886. The van der Waals surface area contributed by atoms with E-state index >= 15 is 0 Å². The van der Waals surface area contributed by atoms with Gasteiger partial charge in [-0.15, -0.1) is 5.10 Å². The number of nitrogens with zero attached hydrogens (tertiary/aromatic N) is 4. The zero-order chi connectivity index (χ0) is 15.6. The van der Waals surface area contributed by atoms with Gasteiger partial charge in [0.15, 0.2) is 5.82 Å². The fraction of sp³-hybridized carbons (Fsp3) is 0.429. The molecule has 0 saturated heterocycles. The Hall–Kier alpha value is -2.28. The minimum Gasteiger partial charge on any atom is -0.325 e. The summed E-state index contributed by atoms with van der Waals surface area (Å²) in [6, 6.07) is 6.71. The molecule has 3 N–H and O–H groups in total. The number of amides is 1. The van der Waals surface area contributed by atoms with Crippen molar-refractivity contribution in [2.45, 2.75) is 33.7 Å². The number of anilines is 1. The first kappa shape index (κ1) is 15.1. The van der Waals surface area contributed by atoms with Crippen LogP contribution >= 0.6 is 0 Å². The third kappa shape index (κ3) is 3.43. The van der Waals surface area contributed by atoms with E-state index < -0.39 is 6.04 Å². The molecule has 0 fully saturated rings. The number of carbonyl (C=O) groups is 1. The van der Waals surface area contributed by atoms with Gasteiger partial charge in [-0.1, -0.05) is 26.8 Å². The number of tetrazole rings is 1. The second kappa shape index (κ2) is 5.61. The van der Waals surface area contributed by atoms with E-state index in [0.29, 0.717) is 11.5 Å². The van der Waals surface area contributed by atoms with Crippen LogP contribution in [0.3, 0.4) is 0 Å². The minimum absolute atomic E-state index is 0.215. The molecule has 0 bridgehead atoms. The van der Waals surface area contributed by atoms with E-state index in [1.807, 2.05) is 32.9 Å². The number of carbonyl (C=O) groups excluding carboxylic acids is 1. The van der Waals surface area contributed by atoms with E-state index in [4.69, 9.17) is 5.73 Å². The van der Waals surface area contributed by atoms with Gasteiger partial charge >= 0.3 is 0 Å². The van der Waals surface area contributed by atoms with Crippen LogP contribution < -0.4 is 11.1 Å². The first-order chi connectivity index (χ1) is 9.79. The van der Waals surface area contributed by atoms with Gasteiger partial charge in [0.1, 0.15) is 0 Å². The topological polar surface area (TPSA) is 98.7 Å². The summed E-state index contributed by atoms with van der Waals surface area (Å²) in [5, 5.41) is 14.2. The maximum Gasteiger partial charge on any atom is 0.241 e. The van der Waals surface area contributed by atoms with Crippen molar-refractivity contribution in [1.82, 2.24) is 20.2 Å². The highest BCUT2D eigenvalue weighted by molar-refractivity contribution is 5.95. The zero-order valence-corrected chi connectivity index (χ0v) is 12.7. The van der Waals surface area contributed by atoms with E-state index in [1.165, 1.54) is 0 Å².